The normalized spacial score (nSPS) is 35.7. The Labute approximate surface area is 90.5 Å². The second kappa shape index (κ2) is 3.82. The minimum absolute atomic E-state index is 0.137. The Morgan fingerprint density at radius 1 is 1.36 bits per heavy atom. The Hall–Kier alpha value is -0.0831. The van der Waals surface area contributed by atoms with Crippen LogP contribution in [0.25, 0.3) is 0 Å². The highest BCUT2D eigenvalue weighted by atomic mass is 28.2. The molecule has 2 aliphatic carbocycles. The van der Waals surface area contributed by atoms with Crippen molar-refractivity contribution in [2.24, 2.45) is 17.8 Å². The molecular formula is C12H22OSi. The van der Waals surface area contributed by atoms with Gasteiger partial charge in [-0.1, -0.05) is 12.2 Å². The van der Waals surface area contributed by atoms with Crippen LogP contribution >= 0.6 is 0 Å². The fourth-order valence-corrected chi connectivity index (χ4v) is 3.07. The van der Waals surface area contributed by atoms with Gasteiger partial charge in [0.15, 0.2) is 0 Å². The van der Waals surface area contributed by atoms with E-state index in [0.29, 0.717) is 0 Å². The fourth-order valence-electron chi connectivity index (χ4n) is 2.86. The lowest BCUT2D eigenvalue weighted by Gasteiger charge is -2.27. The Bertz CT molecular complexity index is 234. The molecule has 0 N–H and O–H groups in total. The van der Waals surface area contributed by atoms with E-state index in [1.807, 2.05) is 0 Å². The number of fused-ring (bicyclic) bond motifs is 2. The first kappa shape index (κ1) is 10.4. The van der Waals surface area contributed by atoms with Crippen molar-refractivity contribution in [2.45, 2.75) is 45.1 Å². The van der Waals surface area contributed by atoms with Gasteiger partial charge in [-0.15, -0.1) is 0 Å². The van der Waals surface area contributed by atoms with Crippen LogP contribution in [-0.4, -0.2) is 16.1 Å². The largest absolute Gasteiger partial charge is 0.423 e. The zero-order valence-electron chi connectivity index (χ0n) is 9.62. The summed E-state index contributed by atoms with van der Waals surface area (Å²) in [5.74, 6) is 2.79. The summed E-state index contributed by atoms with van der Waals surface area (Å²) < 4.78 is 5.60. The number of hydrogen-bond acceptors (Lipinski definition) is 1. The van der Waals surface area contributed by atoms with Crippen molar-refractivity contribution in [3.63, 3.8) is 0 Å². The highest BCUT2D eigenvalue weighted by Gasteiger charge is 2.35. The highest BCUT2D eigenvalue weighted by molar-refractivity contribution is 5.98. The van der Waals surface area contributed by atoms with Crippen LogP contribution in [0.5, 0.6) is 0 Å². The van der Waals surface area contributed by atoms with E-state index in [0.717, 1.165) is 28.2 Å². The van der Waals surface area contributed by atoms with Crippen LogP contribution in [0, 0.1) is 17.8 Å². The topological polar surface area (TPSA) is 9.23 Å². The van der Waals surface area contributed by atoms with Gasteiger partial charge in [0.2, 0.25) is 0 Å². The van der Waals surface area contributed by atoms with Gasteiger partial charge < -0.3 is 4.43 Å². The van der Waals surface area contributed by atoms with Crippen molar-refractivity contribution in [2.75, 3.05) is 0 Å². The van der Waals surface area contributed by atoms with Crippen molar-refractivity contribution in [3.05, 3.63) is 12.2 Å². The molecule has 0 heterocycles. The van der Waals surface area contributed by atoms with E-state index in [-0.39, 0.29) is 5.60 Å². The molecule has 1 saturated carbocycles. The molecule has 2 aliphatic rings. The summed E-state index contributed by atoms with van der Waals surface area (Å²) in [7, 11) is 0.867. The second-order valence-electron chi connectivity index (χ2n) is 5.54. The average molecular weight is 210 g/mol. The first-order chi connectivity index (χ1) is 6.61. The third kappa shape index (κ3) is 2.11. The van der Waals surface area contributed by atoms with Crippen molar-refractivity contribution in [1.29, 1.82) is 0 Å². The predicted octanol–water partition coefficient (Wildman–Crippen LogP) is 2.05. The molecule has 80 valence electrons. The van der Waals surface area contributed by atoms with Crippen LogP contribution < -0.4 is 0 Å². The van der Waals surface area contributed by atoms with Gasteiger partial charge >= 0.3 is 0 Å². The SMILES string of the molecule is CC(C)(CCC1CC2C=CC1C2)O[SiH3]. The van der Waals surface area contributed by atoms with Crippen LogP contribution in [0.3, 0.4) is 0 Å². The maximum Gasteiger partial charge on any atom is 0.146 e. The first-order valence-electron chi connectivity index (χ1n) is 5.84. The van der Waals surface area contributed by atoms with Crippen LogP contribution in [0.2, 0.25) is 0 Å². The summed E-state index contributed by atoms with van der Waals surface area (Å²) in [4.78, 5) is 0. The van der Waals surface area contributed by atoms with Gasteiger partial charge in [-0.3, -0.25) is 0 Å². The van der Waals surface area contributed by atoms with E-state index in [4.69, 9.17) is 4.43 Å². The van der Waals surface area contributed by atoms with E-state index >= 15 is 0 Å². The molecule has 14 heavy (non-hydrogen) atoms. The first-order valence-corrected chi connectivity index (χ1v) is 6.66. The van der Waals surface area contributed by atoms with Crippen molar-refractivity contribution in [1.82, 2.24) is 0 Å². The maximum absolute atomic E-state index is 5.60. The van der Waals surface area contributed by atoms with Gasteiger partial charge in [0.1, 0.15) is 10.5 Å². The van der Waals surface area contributed by atoms with Gasteiger partial charge in [-0.05, 0) is 57.3 Å². The molecule has 3 unspecified atom stereocenters. The van der Waals surface area contributed by atoms with Crippen LogP contribution in [0.15, 0.2) is 12.2 Å². The van der Waals surface area contributed by atoms with E-state index in [9.17, 15) is 0 Å². The van der Waals surface area contributed by atoms with E-state index in [2.05, 4.69) is 26.0 Å². The molecule has 0 saturated heterocycles. The Balaban J connectivity index is 1.80. The quantitative estimate of drug-likeness (QED) is 0.510. The molecule has 2 heteroatoms. The van der Waals surface area contributed by atoms with Crippen LogP contribution in [0.4, 0.5) is 0 Å². The molecule has 2 bridgehead atoms. The molecular weight excluding hydrogens is 188 g/mol. The highest BCUT2D eigenvalue weighted by Crippen LogP contribution is 2.45. The minimum atomic E-state index is 0.137. The zero-order chi connectivity index (χ0) is 10.2. The molecule has 0 amide bonds. The summed E-state index contributed by atoms with van der Waals surface area (Å²) in [5.41, 5.74) is 0.137. The van der Waals surface area contributed by atoms with E-state index in [1.54, 1.807) is 0 Å². The summed E-state index contributed by atoms with van der Waals surface area (Å²) in [6, 6.07) is 0. The maximum atomic E-state index is 5.60. The van der Waals surface area contributed by atoms with Gasteiger partial charge in [-0.2, -0.15) is 0 Å². The van der Waals surface area contributed by atoms with Crippen molar-refractivity contribution < 1.29 is 4.43 Å². The molecule has 1 fully saturated rings. The van der Waals surface area contributed by atoms with Crippen LogP contribution in [-0.2, 0) is 4.43 Å². The molecule has 0 aliphatic heterocycles. The summed E-state index contributed by atoms with van der Waals surface area (Å²) in [6.45, 7) is 4.45. The Kier molecular flexibility index (Phi) is 2.85. The van der Waals surface area contributed by atoms with Gasteiger partial charge in [0, 0.05) is 5.60 Å². The van der Waals surface area contributed by atoms with Gasteiger partial charge in [0.05, 0.1) is 0 Å². The number of hydrogen-bond donors (Lipinski definition) is 0. The van der Waals surface area contributed by atoms with E-state index < -0.39 is 0 Å². The molecule has 0 radical (unpaired) electrons. The van der Waals surface area contributed by atoms with Gasteiger partial charge in [0.25, 0.3) is 0 Å². The van der Waals surface area contributed by atoms with Gasteiger partial charge in [-0.25, -0.2) is 0 Å². The minimum Gasteiger partial charge on any atom is -0.423 e. The van der Waals surface area contributed by atoms with Crippen molar-refractivity contribution in [3.8, 4) is 0 Å². The number of allylic oxidation sites excluding steroid dienone is 2. The lowest BCUT2D eigenvalue weighted by molar-refractivity contribution is 0.101. The molecule has 2 rings (SSSR count). The molecule has 0 aromatic heterocycles. The standard InChI is InChI=1S/C12H22OSi/c1-12(2,13-14)6-5-11-8-9-3-4-10(11)7-9/h3-4,9-11H,5-8H2,1-2,14H3. The monoisotopic (exact) mass is 210 g/mol. The van der Waals surface area contributed by atoms with E-state index in [1.165, 1.54) is 25.7 Å². The molecule has 1 nitrogen and oxygen atoms in total. The smallest absolute Gasteiger partial charge is 0.146 e. The molecule has 0 aromatic rings. The predicted molar refractivity (Wildman–Crippen MR) is 63.2 cm³/mol. The Morgan fingerprint density at radius 2 is 2.14 bits per heavy atom. The van der Waals surface area contributed by atoms with Crippen LogP contribution in [0.1, 0.15) is 39.5 Å². The summed E-state index contributed by atoms with van der Waals surface area (Å²) in [6.07, 6.45) is 10.4. The zero-order valence-corrected chi connectivity index (χ0v) is 11.6. The average Bonchev–Trinajstić information content (AvgIpc) is 2.76. The lowest BCUT2D eigenvalue weighted by atomic mass is 9.86. The summed E-state index contributed by atoms with van der Waals surface area (Å²) in [5, 5.41) is 0. The molecule has 0 spiro atoms. The third-order valence-electron chi connectivity index (χ3n) is 4.09. The fraction of sp³-hybridized carbons (Fsp3) is 0.833. The molecule has 0 aromatic carbocycles. The van der Waals surface area contributed by atoms with Crippen molar-refractivity contribution >= 4 is 10.5 Å². The third-order valence-corrected chi connectivity index (χ3v) is 5.19. The number of rotatable bonds is 4. The molecule has 3 atom stereocenters. The lowest BCUT2D eigenvalue weighted by Crippen LogP contribution is -2.24. The second-order valence-corrected chi connectivity index (χ2v) is 5.95. The Morgan fingerprint density at radius 3 is 2.64 bits per heavy atom. The summed E-state index contributed by atoms with van der Waals surface area (Å²) >= 11 is 0.